The first-order valence-corrected chi connectivity index (χ1v) is 6.31. The fraction of sp³-hybridized carbons (Fsp3) is 0.692. The molecule has 17 heavy (non-hydrogen) atoms. The Bertz CT molecular complexity index is 374. The van der Waals surface area contributed by atoms with Crippen molar-refractivity contribution in [3.63, 3.8) is 0 Å². The van der Waals surface area contributed by atoms with E-state index >= 15 is 0 Å². The fourth-order valence-corrected chi connectivity index (χ4v) is 1.49. The van der Waals surface area contributed by atoms with E-state index in [0.717, 1.165) is 29.4 Å². The minimum atomic E-state index is 0.401. The molecule has 1 aromatic heterocycles. The van der Waals surface area contributed by atoms with Crippen molar-refractivity contribution >= 4 is 11.6 Å². The summed E-state index contributed by atoms with van der Waals surface area (Å²) >= 11 is 0. The Morgan fingerprint density at radius 3 is 2.18 bits per heavy atom. The van der Waals surface area contributed by atoms with Gasteiger partial charge in [0.25, 0.3) is 0 Å². The second kappa shape index (κ2) is 5.84. The number of rotatable bonds is 5. The highest BCUT2D eigenvalue weighted by molar-refractivity contribution is 5.57. The van der Waals surface area contributed by atoms with Gasteiger partial charge in [-0.25, -0.2) is 9.97 Å². The standard InChI is InChI=1S/C13H24N4/c1-7-11-16-12(14-6)9(4)13(17-11)15-10(5)8(2)3/h8,10H,7H2,1-6H3,(H2,14,15,16,17). The summed E-state index contributed by atoms with van der Waals surface area (Å²) in [6.07, 6.45) is 0.847. The Morgan fingerprint density at radius 2 is 1.71 bits per heavy atom. The number of hydrogen-bond donors (Lipinski definition) is 2. The molecule has 96 valence electrons. The van der Waals surface area contributed by atoms with Crippen LogP contribution in [-0.4, -0.2) is 23.1 Å². The zero-order valence-electron chi connectivity index (χ0n) is 11.8. The van der Waals surface area contributed by atoms with Gasteiger partial charge < -0.3 is 10.6 Å². The molecule has 2 N–H and O–H groups in total. The van der Waals surface area contributed by atoms with E-state index in [1.807, 2.05) is 14.0 Å². The first kappa shape index (κ1) is 13.7. The van der Waals surface area contributed by atoms with Crippen molar-refractivity contribution in [1.82, 2.24) is 9.97 Å². The van der Waals surface area contributed by atoms with Gasteiger partial charge >= 0.3 is 0 Å². The summed E-state index contributed by atoms with van der Waals surface area (Å²) in [4.78, 5) is 9.02. The Hall–Kier alpha value is -1.32. The summed E-state index contributed by atoms with van der Waals surface area (Å²) in [6, 6.07) is 0.401. The first-order chi connectivity index (χ1) is 7.99. The summed E-state index contributed by atoms with van der Waals surface area (Å²) in [6.45, 7) is 10.7. The van der Waals surface area contributed by atoms with Gasteiger partial charge in [-0.05, 0) is 19.8 Å². The third-order valence-corrected chi connectivity index (χ3v) is 3.11. The van der Waals surface area contributed by atoms with Crippen molar-refractivity contribution in [1.29, 1.82) is 0 Å². The van der Waals surface area contributed by atoms with Gasteiger partial charge in [0.05, 0.1) is 0 Å². The van der Waals surface area contributed by atoms with Crippen LogP contribution in [0.3, 0.4) is 0 Å². The van der Waals surface area contributed by atoms with E-state index in [1.54, 1.807) is 0 Å². The minimum Gasteiger partial charge on any atom is -0.373 e. The summed E-state index contributed by atoms with van der Waals surface area (Å²) in [7, 11) is 1.89. The van der Waals surface area contributed by atoms with Crippen molar-refractivity contribution in [2.24, 2.45) is 5.92 Å². The Morgan fingerprint density at radius 1 is 1.12 bits per heavy atom. The van der Waals surface area contributed by atoms with Crippen LogP contribution in [-0.2, 0) is 6.42 Å². The number of aryl methyl sites for hydroxylation is 1. The molecule has 1 atom stereocenters. The van der Waals surface area contributed by atoms with Gasteiger partial charge in [0, 0.05) is 25.1 Å². The van der Waals surface area contributed by atoms with Crippen molar-refractivity contribution in [3.05, 3.63) is 11.4 Å². The molecular formula is C13H24N4. The van der Waals surface area contributed by atoms with Crippen molar-refractivity contribution < 1.29 is 0 Å². The Kier molecular flexibility index (Phi) is 4.73. The van der Waals surface area contributed by atoms with Crippen LogP contribution < -0.4 is 10.6 Å². The topological polar surface area (TPSA) is 49.8 Å². The predicted octanol–water partition coefficient (Wildman–Crippen LogP) is 2.85. The number of nitrogens with zero attached hydrogens (tertiary/aromatic N) is 2. The summed E-state index contributed by atoms with van der Waals surface area (Å²) < 4.78 is 0. The molecule has 0 aliphatic rings. The zero-order valence-corrected chi connectivity index (χ0v) is 11.8. The minimum absolute atomic E-state index is 0.401. The number of anilines is 2. The van der Waals surface area contributed by atoms with Crippen molar-refractivity contribution in [2.45, 2.75) is 47.1 Å². The summed E-state index contributed by atoms with van der Waals surface area (Å²) in [5.41, 5.74) is 1.08. The highest BCUT2D eigenvalue weighted by Crippen LogP contribution is 2.21. The molecule has 0 bridgehead atoms. The molecular weight excluding hydrogens is 212 g/mol. The van der Waals surface area contributed by atoms with Gasteiger partial charge in [-0.1, -0.05) is 20.8 Å². The molecule has 0 fully saturated rings. The van der Waals surface area contributed by atoms with E-state index in [4.69, 9.17) is 0 Å². The van der Waals surface area contributed by atoms with E-state index in [-0.39, 0.29) is 0 Å². The fourth-order valence-electron chi connectivity index (χ4n) is 1.49. The lowest BCUT2D eigenvalue weighted by Gasteiger charge is -2.20. The maximum atomic E-state index is 4.56. The van der Waals surface area contributed by atoms with Crippen LogP contribution in [0.4, 0.5) is 11.6 Å². The van der Waals surface area contributed by atoms with E-state index in [1.165, 1.54) is 0 Å². The van der Waals surface area contributed by atoms with Gasteiger partial charge in [-0.2, -0.15) is 0 Å². The lowest BCUT2D eigenvalue weighted by Crippen LogP contribution is -2.23. The second-order valence-corrected chi connectivity index (χ2v) is 4.74. The number of aromatic nitrogens is 2. The van der Waals surface area contributed by atoms with Gasteiger partial charge in [-0.15, -0.1) is 0 Å². The van der Waals surface area contributed by atoms with Crippen LogP contribution in [0.5, 0.6) is 0 Å². The molecule has 0 spiro atoms. The second-order valence-electron chi connectivity index (χ2n) is 4.74. The molecule has 4 heteroatoms. The van der Waals surface area contributed by atoms with E-state index in [2.05, 4.69) is 48.3 Å². The maximum Gasteiger partial charge on any atom is 0.134 e. The van der Waals surface area contributed by atoms with E-state index < -0.39 is 0 Å². The quantitative estimate of drug-likeness (QED) is 0.825. The monoisotopic (exact) mass is 236 g/mol. The van der Waals surface area contributed by atoms with Crippen molar-refractivity contribution in [3.8, 4) is 0 Å². The average molecular weight is 236 g/mol. The average Bonchev–Trinajstić information content (AvgIpc) is 2.31. The van der Waals surface area contributed by atoms with Crippen LogP contribution in [0.2, 0.25) is 0 Å². The van der Waals surface area contributed by atoms with Crippen LogP contribution in [0.1, 0.15) is 39.1 Å². The Labute approximate surface area is 104 Å². The maximum absolute atomic E-state index is 4.56. The number of hydrogen-bond acceptors (Lipinski definition) is 4. The first-order valence-electron chi connectivity index (χ1n) is 6.31. The van der Waals surface area contributed by atoms with Crippen molar-refractivity contribution in [2.75, 3.05) is 17.7 Å². The molecule has 0 amide bonds. The SMILES string of the molecule is CCc1nc(NC)c(C)c(NC(C)C(C)C)n1. The third-order valence-electron chi connectivity index (χ3n) is 3.11. The molecule has 0 aromatic carbocycles. The number of nitrogens with one attached hydrogen (secondary N) is 2. The molecule has 1 aromatic rings. The predicted molar refractivity (Wildman–Crippen MR) is 73.6 cm³/mol. The molecule has 1 unspecified atom stereocenters. The molecule has 4 nitrogen and oxygen atoms in total. The Balaban J connectivity index is 3.05. The van der Waals surface area contributed by atoms with E-state index in [9.17, 15) is 0 Å². The molecule has 0 radical (unpaired) electrons. The van der Waals surface area contributed by atoms with E-state index in [0.29, 0.717) is 12.0 Å². The van der Waals surface area contributed by atoms with Crippen LogP contribution in [0.25, 0.3) is 0 Å². The molecule has 0 aliphatic heterocycles. The summed E-state index contributed by atoms with van der Waals surface area (Å²) in [5, 5.41) is 6.59. The van der Waals surface area contributed by atoms with Gasteiger partial charge in [0.15, 0.2) is 0 Å². The zero-order chi connectivity index (χ0) is 13.0. The van der Waals surface area contributed by atoms with Gasteiger partial charge in [-0.3, -0.25) is 0 Å². The van der Waals surface area contributed by atoms with Crippen LogP contribution in [0, 0.1) is 12.8 Å². The van der Waals surface area contributed by atoms with Crippen LogP contribution in [0.15, 0.2) is 0 Å². The molecule has 0 saturated carbocycles. The molecule has 0 saturated heterocycles. The van der Waals surface area contributed by atoms with Gasteiger partial charge in [0.2, 0.25) is 0 Å². The molecule has 1 heterocycles. The smallest absolute Gasteiger partial charge is 0.134 e. The van der Waals surface area contributed by atoms with Gasteiger partial charge in [0.1, 0.15) is 17.5 Å². The molecule has 0 aliphatic carbocycles. The third kappa shape index (κ3) is 3.32. The normalized spacial score (nSPS) is 12.6. The lowest BCUT2D eigenvalue weighted by atomic mass is 10.1. The molecule has 1 rings (SSSR count). The highest BCUT2D eigenvalue weighted by atomic mass is 15.1. The lowest BCUT2D eigenvalue weighted by molar-refractivity contribution is 0.557. The highest BCUT2D eigenvalue weighted by Gasteiger charge is 2.13. The largest absolute Gasteiger partial charge is 0.373 e. The summed E-state index contributed by atoms with van der Waals surface area (Å²) in [5.74, 6) is 3.31. The van der Waals surface area contributed by atoms with Crippen LogP contribution >= 0.6 is 0 Å².